The molecule has 28 heavy (non-hydrogen) atoms. The summed E-state index contributed by atoms with van der Waals surface area (Å²) in [5, 5.41) is 0. The van der Waals surface area contributed by atoms with E-state index in [0.29, 0.717) is 0 Å². The van der Waals surface area contributed by atoms with Gasteiger partial charge in [0.25, 0.3) is 5.56 Å². The Morgan fingerprint density at radius 1 is 1.39 bits per heavy atom. The molecule has 1 saturated heterocycles. The van der Waals surface area contributed by atoms with E-state index in [0.717, 1.165) is 16.8 Å². The first-order valence-corrected chi connectivity index (χ1v) is 11.9. The van der Waals surface area contributed by atoms with E-state index in [4.69, 9.17) is 19.3 Å². The summed E-state index contributed by atoms with van der Waals surface area (Å²) in [6.07, 6.45) is -5.29. The Morgan fingerprint density at radius 2 is 2.04 bits per heavy atom. The van der Waals surface area contributed by atoms with Gasteiger partial charge in [-0.05, 0) is 20.3 Å². The van der Waals surface area contributed by atoms with Crippen molar-refractivity contribution in [2.45, 2.75) is 51.0 Å². The lowest BCUT2D eigenvalue weighted by molar-refractivity contribution is -0.0581. The number of ether oxygens (including phenoxy) is 2. The number of halogens is 1. The third-order valence-electron chi connectivity index (χ3n) is 3.90. The number of aromatic nitrogens is 2. The molecule has 1 aliphatic rings. The smallest absolute Gasteiger partial charge is 0.340 e. The molecular formula is C14H22FN2O9PS. The summed E-state index contributed by atoms with van der Waals surface area (Å²) in [6.45, 7) is 3.27. The summed E-state index contributed by atoms with van der Waals surface area (Å²) in [5.74, 6) is -0.666. The molecule has 0 saturated carbocycles. The zero-order valence-electron chi connectivity index (χ0n) is 15.1. The van der Waals surface area contributed by atoms with Gasteiger partial charge in [-0.2, -0.15) is 0 Å². The van der Waals surface area contributed by atoms with Crippen molar-refractivity contribution in [1.82, 2.24) is 9.55 Å². The summed E-state index contributed by atoms with van der Waals surface area (Å²) in [7, 11) is -8.91. The SMILES string of the molecule is CC(C)O[C@H]1[C@@H](F)[C@H](n2ccc(=O)[nH]c2=O)O[C@@H]1CCS(=O)(=O)CP(=O)(O)O. The molecular weight excluding hydrogens is 422 g/mol. The fourth-order valence-corrected chi connectivity index (χ4v) is 6.03. The first kappa shape index (κ1) is 22.9. The molecule has 0 unspecified atom stereocenters. The van der Waals surface area contributed by atoms with E-state index in [-0.39, 0.29) is 6.42 Å². The summed E-state index contributed by atoms with van der Waals surface area (Å²) in [4.78, 5) is 42.8. The molecule has 0 radical (unpaired) electrons. The largest absolute Gasteiger partial charge is 0.370 e. The third kappa shape index (κ3) is 6.06. The molecule has 14 heteroatoms. The van der Waals surface area contributed by atoms with Gasteiger partial charge in [0.15, 0.2) is 27.7 Å². The van der Waals surface area contributed by atoms with Crippen molar-refractivity contribution in [3.05, 3.63) is 33.1 Å². The molecule has 1 fully saturated rings. The average molecular weight is 444 g/mol. The molecule has 160 valence electrons. The monoisotopic (exact) mass is 444 g/mol. The van der Waals surface area contributed by atoms with E-state index >= 15 is 0 Å². The number of nitrogens with one attached hydrogen (secondary N) is 1. The Bertz CT molecular complexity index is 954. The van der Waals surface area contributed by atoms with Gasteiger partial charge in [0.2, 0.25) is 0 Å². The highest BCUT2D eigenvalue weighted by Crippen LogP contribution is 2.38. The van der Waals surface area contributed by atoms with Gasteiger partial charge < -0.3 is 19.3 Å². The molecule has 3 N–H and O–H groups in total. The van der Waals surface area contributed by atoms with Crippen molar-refractivity contribution >= 4 is 17.4 Å². The summed E-state index contributed by atoms with van der Waals surface area (Å²) >= 11 is 0. The zero-order chi connectivity index (χ0) is 21.3. The lowest BCUT2D eigenvalue weighted by Crippen LogP contribution is -2.37. The molecule has 11 nitrogen and oxygen atoms in total. The van der Waals surface area contributed by atoms with Gasteiger partial charge >= 0.3 is 13.3 Å². The molecule has 1 aromatic rings. The first-order chi connectivity index (χ1) is 12.8. The van der Waals surface area contributed by atoms with E-state index in [1.54, 1.807) is 13.8 Å². The number of H-pyrrole nitrogens is 1. The average Bonchev–Trinajstić information content (AvgIpc) is 2.79. The highest BCUT2D eigenvalue weighted by molar-refractivity contribution is 7.97. The van der Waals surface area contributed by atoms with Gasteiger partial charge in [0.1, 0.15) is 6.10 Å². The Kier molecular flexibility index (Phi) is 7.00. The number of hydrogen-bond donors (Lipinski definition) is 3. The van der Waals surface area contributed by atoms with E-state index < -0.39 is 70.6 Å². The molecule has 2 heterocycles. The van der Waals surface area contributed by atoms with Crippen LogP contribution in [0, 0.1) is 0 Å². The molecule has 2 rings (SSSR count). The second kappa shape index (κ2) is 8.56. The molecule has 1 aliphatic heterocycles. The summed E-state index contributed by atoms with van der Waals surface area (Å²) in [5.41, 5.74) is -2.91. The van der Waals surface area contributed by atoms with Crippen LogP contribution in [0.5, 0.6) is 0 Å². The fraction of sp³-hybridized carbons (Fsp3) is 0.714. The lowest BCUT2D eigenvalue weighted by Gasteiger charge is -2.22. The van der Waals surface area contributed by atoms with Gasteiger partial charge in [0.05, 0.1) is 18.0 Å². The normalized spacial score (nSPS) is 26.1. The van der Waals surface area contributed by atoms with Crippen molar-refractivity contribution in [2.75, 3.05) is 11.2 Å². The molecule has 0 bridgehead atoms. The third-order valence-corrected chi connectivity index (χ3v) is 7.68. The summed E-state index contributed by atoms with van der Waals surface area (Å²) < 4.78 is 61.5. The number of rotatable bonds is 8. The minimum Gasteiger partial charge on any atom is -0.370 e. The number of hydrogen-bond acceptors (Lipinski definition) is 7. The fourth-order valence-electron chi connectivity index (χ4n) is 2.87. The maximum atomic E-state index is 14.9. The van der Waals surface area contributed by atoms with Crippen molar-refractivity contribution < 1.29 is 36.6 Å². The second-order valence-electron chi connectivity index (χ2n) is 6.71. The van der Waals surface area contributed by atoms with Crippen LogP contribution in [0.3, 0.4) is 0 Å². The highest BCUT2D eigenvalue weighted by Gasteiger charge is 2.47. The van der Waals surface area contributed by atoms with Crippen LogP contribution in [-0.2, 0) is 23.9 Å². The standard InChI is InChI=1S/C14H22FN2O9PS/c1-8(2)25-12-9(4-6-28(23,24)7-27(20,21)22)26-13(11(12)15)17-5-3-10(18)16-14(17)19/h3,5,8-9,11-13H,4,6-7H2,1-2H3,(H,16,18,19)(H2,20,21,22)/t9-,11-,12-,13-/m1/s1. The molecule has 0 aromatic carbocycles. The maximum absolute atomic E-state index is 14.9. The number of aromatic amines is 1. The van der Waals surface area contributed by atoms with Crippen molar-refractivity contribution in [3.8, 4) is 0 Å². The van der Waals surface area contributed by atoms with E-state index in [1.807, 2.05) is 4.98 Å². The van der Waals surface area contributed by atoms with Gasteiger partial charge in [-0.25, -0.2) is 17.6 Å². The second-order valence-corrected chi connectivity index (χ2v) is 11.0. The Balaban J connectivity index is 2.23. The van der Waals surface area contributed by atoms with Crippen molar-refractivity contribution in [1.29, 1.82) is 0 Å². The number of alkyl halides is 1. The number of sulfone groups is 1. The van der Waals surface area contributed by atoms with Crippen LogP contribution in [0.15, 0.2) is 21.9 Å². The number of nitrogens with zero attached hydrogens (tertiary/aromatic N) is 1. The van der Waals surface area contributed by atoms with Crippen LogP contribution in [0.1, 0.15) is 26.5 Å². The molecule has 0 aliphatic carbocycles. The Hall–Kier alpha value is -1.37. The maximum Gasteiger partial charge on any atom is 0.340 e. The topological polar surface area (TPSA) is 165 Å². The van der Waals surface area contributed by atoms with Gasteiger partial charge in [-0.15, -0.1) is 0 Å². The molecule has 4 atom stereocenters. The predicted octanol–water partition coefficient (Wildman–Crippen LogP) is -0.494. The van der Waals surface area contributed by atoms with Crippen LogP contribution < -0.4 is 11.2 Å². The molecule has 1 aromatic heterocycles. The van der Waals surface area contributed by atoms with Crippen LogP contribution in [0.4, 0.5) is 4.39 Å². The summed E-state index contributed by atoms with van der Waals surface area (Å²) in [6, 6.07) is 1.01. The quantitative estimate of drug-likeness (QED) is 0.448. The van der Waals surface area contributed by atoms with Crippen molar-refractivity contribution in [3.63, 3.8) is 0 Å². The van der Waals surface area contributed by atoms with Crippen LogP contribution in [0.25, 0.3) is 0 Å². The minimum atomic E-state index is -4.78. The predicted molar refractivity (Wildman–Crippen MR) is 95.5 cm³/mol. The Labute approximate surface area is 159 Å². The van der Waals surface area contributed by atoms with E-state index in [2.05, 4.69) is 0 Å². The van der Waals surface area contributed by atoms with Gasteiger partial charge in [-0.1, -0.05) is 0 Å². The molecule has 0 amide bonds. The van der Waals surface area contributed by atoms with Gasteiger partial charge in [-0.3, -0.25) is 18.9 Å². The highest BCUT2D eigenvalue weighted by atomic mass is 32.2. The van der Waals surface area contributed by atoms with E-state index in [9.17, 15) is 27.0 Å². The van der Waals surface area contributed by atoms with Gasteiger partial charge in [0, 0.05) is 12.3 Å². The lowest BCUT2D eigenvalue weighted by atomic mass is 10.1. The van der Waals surface area contributed by atoms with Crippen LogP contribution in [-0.4, -0.2) is 63.5 Å². The van der Waals surface area contributed by atoms with Crippen LogP contribution in [0.2, 0.25) is 0 Å². The Morgan fingerprint density at radius 3 is 2.57 bits per heavy atom. The molecule has 0 spiro atoms. The first-order valence-electron chi connectivity index (χ1n) is 8.30. The van der Waals surface area contributed by atoms with Crippen LogP contribution >= 0.6 is 7.60 Å². The van der Waals surface area contributed by atoms with E-state index in [1.165, 1.54) is 0 Å². The minimum absolute atomic E-state index is 0.297. The zero-order valence-corrected chi connectivity index (χ0v) is 16.8. The van der Waals surface area contributed by atoms with Crippen molar-refractivity contribution in [2.24, 2.45) is 0 Å².